The van der Waals surface area contributed by atoms with Gasteiger partial charge in [0, 0.05) is 34.2 Å². The Bertz CT molecular complexity index is 867. The van der Waals surface area contributed by atoms with E-state index in [1.54, 1.807) is 18.7 Å². The number of hydrogen-bond acceptors (Lipinski definition) is 5. The third-order valence-electron chi connectivity index (χ3n) is 6.47. The summed E-state index contributed by atoms with van der Waals surface area (Å²) in [5.74, 6) is -1.91. The fourth-order valence-corrected chi connectivity index (χ4v) is 6.49. The molecule has 0 aliphatic carbocycles. The van der Waals surface area contributed by atoms with Crippen molar-refractivity contribution in [3.63, 3.8) is 0 Å². The molecule has 8 nitrogen and oxygen atoms in total. The summed E-state index contributed by atoms with van der Waals surface area (Å²) >= 11 is 1.60. The number of nitrogens with one attached hydrogen (secondary N) is 1. The molecule has 1 aromatic heterocycles. The molecule has 10 heteroatoms. The van der Waals surface area contributed by atoms with Gasteiger partial charge in [0.1, 0.15) is 5.70 Å². The molecule has 0 unspecified atom stereocenters. The van der Waals surface area contributed by atoms with Crippen LogP contribution in [-0.2, 0) is 30.1 Å². The second-order valence-corrected chi connectivity index (χ2v) is 9.88. The van der Waals surface area contributed by atoms with E-state index in [9.17, 15) is 19.8 Å². The number of carbonyl (C=O) groups excluding carboxylic acids is 1. The van der Waals surface area contributed by atoms with E-state index in [1.165, 1.54) is 10.5 Å². The number of amides is 1. The minimum absolute atomic E-state index is 0. The quantitative estimate of drug-likeness (QED) is 0.312. The van der Waals surface area contributed by atoms with Gasteiger partial charge in [0.25, 0.3) is 0 Å². The molecule has 30 heavy (non-hydrogen) atoms. The number of carboxylic acid groups (broad SMARTS) is 1. The van der Waals surface area contributed by atoms with Crippen molar-refractivity contribution in [1.82, 2.24) is 14.9 Å². The van der Waals surface area contributed by atoms with Crippen LogP contribution in [0.5, 0.6) is 0 Å². The number of fused-ring (bicyclic) bond motifs is 1. The highest BCUT2D eigenvalue weighted by atomic mass is 35.5. The zero-order chi connectivity index (χ0) is 21.0. The maximum Gasteiger partial charge on any atom is 0.353 e. The number of halogens is 1. The van der Waals surface area contributed by atoms with Gasteiger partial charge in [-0.3, -0.25) is 4.79 Å². The van der Waals surface area contributed by atoms with E-state index in [2.05, 4.69) is 17.7 Å². The number of β-lactam (4-membered cyclic amide) rings is 1. The van der Waals surface area contributed by atoms with Crippen LogP contribution in [0.15, 0.2) is 23.0 Å². The van der Waals surface area contributed by atoms with Crippen LogP contribution in [0.2, 0.25) is 0 Å². The molecule has 0 radical (unpaired) electrons. The number of nitrogens with zero attached hydrogens (tertiary/aromatic N) is 3. The Balaban J connectivity index is 0.00000256. The summed E-state index contributed by atoms with van der Waals surface area (Å²) in [5.41, 5.74) is 1.39. The maximum atomic E-state index is 12.5. The molecule has 3 aliphatic rings. The van der Waals surface area contributed by atoms with Crippen molar-refractivity contribution in [2.45, 2.75) is 50.1 Å². The van der Waals surface area contributed by atoms with E-state index in [0.29, 0.717) is 6.04 Å². The van der Waals surface area contributed by atoms with Crippen molar-refractivity contribution < 1.29 is 36.9 Å². The van der Waals surface area contributed by atoms with Crippen molar-refractivity contribution in [2.75, 3.05) is 6.54 Å². The van der Waals surface area contributed by atoms with Crippen LogP contribution >= 0.6 is 11.8 Å². The number of aliphatic hydroxyl groups is 1. The van der Waals surface area contributed by atoms with Gasteiger partial charge in [-0.25, -0.2) is 4.79 Å². The molecule has 0 saturated carbocycles. The molecule has 0 bridgehead atoms. The van der Waals surface area contributed by atoms with Gasteiger partial charge in [0.05, 0.1) is 31.3 Å². The first-order valence-electron chi connectivity index (χ1n) is 10.1. The van der Waals surface area contributed by atoms with Crippen LogP contribution in [0.4, 0.5) is 0 Å². The van der Waals surface area contributed by atoms with E-state index < -0.39 is 18.0 Å². The van der Waals surface area contributed by atoms with Gasteiger partial charge < -0.3 is 32.8 Å². The third kappa shape index (κ3) is 3.77. The smallest absolute Gasteiger partial charge is 0.353 e. The molecule has 166 valence electrons. The van der Waals surface area contributed by atoms with Crippen LogP contribution in [-0.4, -0.2) is 61.7 Å². The largest absolute Gasteiger partial charge is 1.00 e. The number of carbonyl (C=O) groups is 2. The summed E-state index contributed by atoms with van der Waals surface area (Å²) in [7, 11) is 4.02. The van der Waals surface area contributed by atoms with E-state index >= 15 is 0 Å². The fraction of sp³-hybridized carbons (Fsp3) is 0.650. The first-order valence-corrected chi connectivity index (χ1v) is 11.0. The minimum atomic E-state index is -1.06. The van der Waals surface area contributed by atoms with Gasteiger partial charge in [-0.2, -0.15) is 4.68 Å². The lowest BCUT2D eigenvalue weighted by Gasteiger charge is -2.46. The predicted molar refractivity (Wildman–Crippen MR) is 108 cm³/mol. The van der Waals surface area contributed by atoms with Crippen molar-refractivity contribution in [2.24, 2.45) is 25.9 Å². The molecule has 1 amide bonds. The van der Waals surface area contributed by atoms with Gasteiger partial charge in [0.15, 0.2) is 13.2 Å². The molecule has 4 heterocycles. The summed E-state index contributed by atoms with van der Waals surface area (Å²) in [6, 6.07) is 0.106. The average Bonchev–Trinajstić information content (AvgIpc) is 3.26. The normalized spacial score (nSPS) is 31.4. The molecular weight excluding hydrogens is 428 g/mol. The number of aliphatic hydroxyl groups excluding tert-OH is 1. The summed E-state index contributed by atoms with van der Waals surface area (Å²) in [6.07, 6.45) is 5.36. The number of aromatic nitrogens is 2. The summed E-state index contributed by atoms with van der Waals surface area (Å²) in [5, 5.41) is 23.6. The van der Waals surface area contributed by atoms with Crippen molar-refractivity contribution >= 4 is 23.6 Å². The average molecular weight is 457 g/mol. The number of carboxylic acids is 1. The first-order chi connectivity index (χ1) is 13.7. The monoisotopic (exact) mass is 456 g/mol. The number of hydrogen-bond donors (Lipinski definition) is 3. The highest BCUT2D eigenvalue weighted by Gasteiger charge is 2.60. The minimum Gasteiger partial charge on any atom is -1.00 e. The van der Waals surface area contributed by atoms with Gasteiger partial charge in [0.2, 0.25) is 5.91 Å². The van der Waals surface area contributed by atoms with Crippen LogP contribution in [0.3, 0.4) is 0 Å². The molecule has 0 spiro atoms. The van der Waals surface area contributed by atoms with E-state index in [0.717, 1.165) is 24.3 Å². The molecule has 0 aromatic carbocycles. The highest BCUT2D eigenvalue weighted by molar-refractivity contribution is 8.03. The van der Waals surface area contributed by atoms with Crippen molar-refractivity contribution in [3.8, 4) is 0 Å². The SMILES string of the molecule is C[C@@H](O)[C@H]1C(=O)N2C(C(=O)O)=C(S[C@@H]3CN[C@H](Cc4cn(C)[n+](C)c4)C3)[C@H](C)[C@H]12.[Cl-]. The Morgan fingerprint density at radius 2 is 2.17 bits per heavy atom. The Morgan fingerprint density at radius 3 is 2.73 bits per heavy atom. The van der Waals surface area contributed by atoms with Crippen LogP contribution in [0, 0.1) is 11.8 Å². The molecule has 1 aromatic rings. The Labute approximate surface area is 186 Å². The number of aliphatic carboxylic acids is 1. The summed E-state index contributed by atoms with van der Waals surface area (Å²) < 4.78 is 4.08. The van der Waals surface area contributed by atoms with Crippen molar-refractivity contribution in [3.05, 3.63) is 28.6 Å². The molecule has 3 N–H and O–H groups in total. The fourth-order valence-electron chi connectivity index (χ4n) is 4.97. The lowest BCUT2D eigenvalue weighted by Crippen LogP contribution is -3.00. The van der Waals surface area contributed by atoms with E-state index in [-0.39, 0.29) is 41.2 Å². The van der Waals surface area contributed by atoms with Crippen molar-refractivity contribution in [1.29, 1.82) is 0 Å². The number of thioether (sulfide) groups is 1. The van der Waals surface area contributed by atoms with Crippen LogP contribution < -0.4 is 22.4 Å². The Kier molecular flexibility index (Phi) is 6.57. The number of aryl methyl sites for hydroxylation is 2. The Morgan fingerprint density at radius 1 is 1.47 bits per heavy atom. The topological polar surface area (TPSA) is 98.7 Å². The molecular formula is C20H29ClN4O4S. The third-order valence-corrected chi connectivity index (χ3v) is 7.98. The molecule has 3 aliphatic heterocycles. The summed E-state index contributed by atoms with van der Waals surface area (Å²) in [6.45, 7) is 4.39. The Hall–Kier alpha value is -1.55. The van der Waals surface area contributed by atoms with Crippen LogP contribution in [0.25, 0.3) is 0 Å². The van der Waals surface area contributed by atoms with Gasteiger partial charge in [-0.05, 0) is 19.8 Å². The molecule has 2 saturated heterocycles. The van der Waals surface area contributed by atoms with E-state index in [4.69, 9.17) is 0 Å². The zero-order valence-corrected chi connectivity index (χ0v) is 19.2. The predicted octanol–water partition coefficient (Wildman–Crippen LogP) is -2.99. The summed E-state index contributed by atoms with van der Waals surface area (Å²) in [4.78, 5) is 26.6. The highest BCUT2D eigenvalue weighted by Crippen LogP contribution is 2.51. The maximum absolute atomic E-state index is 12.5. The van der Waals surface area contributed by atoms with Gasteiger partial charge >= 0.3 is 5.97 Å². The van der Waals surface area contributed by atoms with E-state index in [1.807, 2.05) is 30.4 Å². The lowest BCUT2D eigenvalue weighted by atomic mass is 9.79. The zero-order valence-electron chi connectivity index (χ0n) is 17.6. The first kappa shape index (κ1) is 23.1. The van der Waals surface area contributed by atoms with Crippen LogP contribution in [0.1, 0.15) is 25.8 Å². The molecule has 2 fully saturated rings. The van der Waals surface area contributed by atoms with Gasteiger partial charge in [-0.15, -0.1) is 16.4 Å². The van der Waals surface area contributed by atoms with Gasteiger partial charge in [-0.1, -0.05) is 6.92 Å². The molecule has 6 atom stereocenters. The second kappa shape index (κ2) is 8.53. The number of rotatable bonds is 6. The second-order valence-electron chi connectivity index (χ2n) is 8.54. The lowest BCUT2D eigenvalue weighted by molar-refractivity contribution is -0.751. The molecule has 4 rings (SSSR count). The standard InChI is InChI=1S/C20H28N4O4S.ClH/c1-10-16-15(11(2)25)19(26)24(16)17(20(27)28)18(10)29-14-6-13(21-7-14)5-12-8-22(3)23(4)9-12;/h8-11,13-16,21,25H,5-7H2,1-4H3;1H/t10-,11-,13-,14+,15-,16-;/m1./s1.